The van der Waals surface area contributed by atoms with Crippen molar-refractivity contribution in [3.8, 4) is 0 Å². The summed E-state index contributed by atoms with van der Waals surface area (Å²) >= 11 is 2.27. The number of carbonyl (C=O) groups is 1. The SMILES string of the molecule is Cn1cc(NC(=O)c2ccc(I)cc2N2CCC3(CC2)CC3)cc(N2CCC(F)(F)CC2)c1=O. The summed E-state index contributed by atoms with van der Waals surface area (Å²) in [6.45, 7) is 2.11. The van der Waals surface area contributed by atoms with Gasteiger partial charge in [0.2, 0.25) is 0 Å². The van der Waals surface area contributed by atoms with Gasteiger partial charge in [0.05, 0.1) is 16.9 Å². The zero-order valence-electron chi connectivity index (χ0n) is 19.2. The van der Waals surface area contributed by atoms with E-state index in [0.717, 1.165) is 22.3 Å². The second-order valence-electron chi connectivity index (χ2n) is 9.98. The van der Waals surface area contributed by atoms with Crippen molar-refractivity contribution in [2.75, 3.05) is 41.3 Å². The maximum atomic E-state index is 13.6. The zero-order chi connectivity index (χ0) is 24.1. The van der Waals surface area contributed by atoms with Gasteiger partial charge >= 0.3 is 0 Å². The standard InChI is InChI=1S/C25H29F2IN4O2/c1-30-16-18(15-21(23(30)34)32-12-8-25(26,27)9-13-32)29-22(33)19-3-2-17(28)14-20(19)31-10-6-24(4-5-24)7-11-31/h2-3,14-16H,4-13H2,1H3,(H,29,33). The fourth-order valence-electron chi connectivity index (χ4n) is 5.12. The minimum absolute atomic E-state index is 0.108. The molecule has 2 aliphatic heterocycles. The number of rotatable bonds is 4. The van der Waals surface area contributed by atoms with Crippen LogP contribution in [-0.4, -0.2) is 42.6 Å². The van der Waals surface area contributed by atoms with Crippen LogP contribution in [0.25, 0.3) is 0 Å². The van der Waals surface area contributed by atoms with Crippen LogP contribution in [0.15, 0.2) is 35.3 Å². The first-order valence-corrected chi connectivity index (χ1v) is 12.9. The third-order valence-electron chi connectivity index (χ3n) is 7.58. The normalized spacial score (nSPS) is 20.9. The summed E-state index contributed by atoms with van der Waals surface area (Å²) < 4.78 is 29.7. The Kier molecular flexibility index (Phi) is 6.10. The average molecular weight is 582 g/mol. The molecule has 3 heterocycles. The molecule has 0 atom stereocenters. The molecular weight excluding hydrogens is 553 g/mol. The van der Waals surface area contributed by atoms with Crippen molar-refractivity contribution in [3.05, 3.63) is 49.9 Å². The van der Waals surface area contributed by atoms with Crippen LogP contribution >= 0.6 is 22.6 Å². The van der Waals surface area contributed by atoms with Crippen molar-refractivity contribution in [1.82, 2.24) is 4.57 Å². The van der Waals surface area contributed by atoms with E-state index in [2.05, 4.69) is 38.9 Å². The first-order chi connectivity index (χ1) is 16.1. The Morgan fingerprint density at radius 1 is 0.941 bits per heavy atom. The Labute approximate surface area is 211 Å². The van der Waals surface area contributed by atoms with Crippen molar-refractivity contribution < 1.29 is 13.6 Å². The molecule has 1 aromatic heterocycles. The molecule has 5 rings (SSSR count). The number of anilines is 3. The Bertz CT molecular complexity index is 1160. The smallest absolute Gasteiger partial charge is 0.273 e. The van der Waals surface area contributed by atoms with Crippen molar-refractivity contribution in [1.29, 1.82) is 0 Å². The third-order valence-corrected chi connectivity index (χ3v) is 8.26. The number of benzene rings is 1. The molecule has 1 aromatic carbocycles. The van der Waals surface area contributed by atoms with E-state index in [1.165, 1.54) is 30.3 Å². The highest BCUT2D eigenvalue weighted by Crippen LogP contribution is 2.54. The Balaban J connectivity index is 1.37. The van der Waals surface area contributed by atoms with Crippen LogP contribution in [-0.2, 0) is 7.05 Å². The van der Waals surface area contributed by atoms with Crippen LogP contribution in [0.1, 0.15) is 48.9 Å². The summed E-state index contributed by atoms with van der Waals surface area (Å²) in [4.78, 5) is 30.1. The molecule has 1 spiro atoms. The van der Waals surface area contributed by atoms with E-state index in [0.29, 0.717) is 22.4 Å². The van der Waals surface area contributed by atoms with Gasteiger partial charge in [0.25, 0.3) is 17.4 Å². The number of halogens is 3. The number of aryl methyl sites for hydroxylation is 1. The molecule has 34 heavy (non-hydrogen) atoms. The van der Waals surface area contributed by atoms with Gasteiger partial charge in [-0.2, -0.15) is 0 Å². The molecule has 0 radical (unpaired) electrons. The predicted molar refractivity (Wildman–Crippen MR) is 138 cm³/mol. The second-order valence-corrected chi connectivity index (χ2v) is 11.2. The van der Waals surface area contributed by atoms with Crippen LogP contribution < -0.4 is 20.7 Å². The highest BCUT2D eigenvalue weighted by atomic mass is 127. The number of pyridine rings is 1. The maximum Gasteiger partial charge on any atom is 0.273 e. The summed E-state index contributed by atoms with van der Waals surface area (Å²) in [5.41, 5.74) is 2.62. The van der Waals surface area contributed by atoms with Crippen molar-refractivity contribution in [2.24, 2.45) is 12.5 Å². The number of alkyl halides is 2. The number of carbonyl (C=O) groups excluding carboxylic acids is 1. The van der Waals surface area contributed by atoms with Gasteiger partial charge in [-0.05, 0) is 78.0 Å². The van der Waals surface area contributed by atoms with E-state index in [9.17, 15) is 18.4 Å². The van der Waals surface area contributed by atoms with Crippen LogP contribution in [0.5, 0.6) is 0 Å². The Morgan fingerprint density at radius 2 is 1.56 bits per heavy atom. The molecule has 1 saturated carbocycles. The van der Waals surface area contributed by atoms with Gasteiger partial charge in [-0.1, -0.05) is 0 Å². The average Bonchev–Trinajstić information content (AvgIpc) is 3.55. The second kappa shape index (κ2) is 8.80. The number of nitrogens with one attached hydrogen (secondary N) is 1. The van der Waals surface area contributed by atoms with Gasteiger partial charge in [-0.25, -0.2) is 8.78 Å². The number of amides is 1. The largest absolute Gasteiger partial charge is 0.371 e. The highest BCUT2D eigenvalue weighted by molar-refractivity contribution is 14.1. The summed E-state index contributed by atoms with van der Waals surface area (Å²) in [7, 11) is 1.61. The molecule has 0 bridgehead atoms. The Morgan fingerprint density at radius 3 is 2.21 bits per heavy atom. The zero-order valence-corrected chi connectivity index (χ0v) is 21.4. The lowest BCUT2D eigenvalue weighted by Gasteiger charge is -2.35. The van der Waals surface area contributed by atoms with E-state index in [1.807, 2.05) is 12.1 Å². The van der Waals surface area contributed by atoms with E-state index < -0.39 is 5.92 Å². The van der Waals surface area contributed by atoms with Crippen LogP contribution in [0.4, 0.5) is 25.8 Å². The van der Waals surface area contributed by atoms with Crippen LogP contribution in [0.2, 0.25) is 0 Å². The minimum Gasteiger partial charge on any atom is -0.371 e. The predicted octanol–water partition coefficient (Wildman–Crippen LogP) is 4.86. The molecular formula is C25H29F2IN4O2. The molecule has 1 amide bonds. The van der Waals surface area contributed by atoms with Gasteiger partial charge in [0.1, 0.15) is 5.69 Å². The van der Waals surface area contributed by atoms with Gasteiger partial charge in [0, 0.05) is 55.8 Å². The number of hydrogen-bond donors (Lipinski definition) is 1. The quantitative estimate of drug-likeness (QED) is 0.524. The summed E-state index contributed by atoms with van der Waals surface area (Å²) in [6.07, 6.45) is 5.99. The first-order valence-electron chi connectivity index (χ1n) is 11.8. The maximum absolute atomic E-state index is 13.6. The molecule has 1 aliphatic carbocycles. The monoisotopic (exact) mass is 582 g/mol. The fourth-order valence-corrected chi connectivity index (χ4v) is 5.59. The van der Waals surface area contributed by atoms with E-state index in [-0.39, 0.29) is 37.4 Å². The molecule has 2 aromatic rings. The lowest BCUT2D eigenvalue weighted by atomic mass is 9.93. The van der Waals surface area contributed by atoms with Crippen LogP contribution in [0.3, 0.4) is 0 Å². The molecule has 2 saturated heterocycles. The van der Waals surface area contributed by atoms with Crippen molar-refractivity contribution >= 4 is 45.6 Å². The molecule has 6 nitrogen and oxygen atoms in total. The topological polar surface area (TPSA) is 57.6 Å². The van der Waals surface area contributed by atoms with Gasteiger partial charge in [-0.3, -0.25) is 9.59 Å². The van der Waals surface area contributed by atoms with Gasteiger partial charge < -0.3 is 19.7 Å². The molecule has 3 aliphatic rings. The fraction of sp³-hybridized carbons (Fsp3) is 0.520. The lowest BCUT2D eigenvalue weighted by molar-refractivity contribution is -0.0220. The third kappa shape index (κ3) is 4.81. The lowest BCUT2D eigenvalue weighted by Crippen LogP contribution is -2.42. The number of aromatic nitrogens is 1. The van der Waals surface area contributed by atoms with Gasteiger partial charge in [0.15, 0.2) is 0 Å². The minimum atomic E-state index is -2.69. The summed E-state index contributed by atoms with van der Waals surface area (Å²) in [5.74, 6) is -2.93. The molecule has 182 valence electrons. The summed E-state index contributed by atoms with van der Waals surface area (Å²) in [5, 5.41) is 2.95. The van der Waals surface area contributed by atoms with Gasteiger partial charge in [-0.15, -0.1) is 0 Å². The van der Waals surface area contributed by atoms with E-state index in [4.69, 9.17) is 0 Å². The molecule has 9 heteroatoms. The first kappa shape index (κ1) is 23.6. The molecule has 1 N–H and O–H groups in total. The van der Waals surface area contributed by atoms with E-state index >= 15 is 0 Å². The number of piperidine rings is 2. The van der Waals surface area contributed by atoms with Crippen molar-refractivity contribution in [2.45, 2.75) is 44.4 Å². The van der Waals surface area contributed by atoms with Crippen LogP contribution in [0, 0.1) is 8.99 Å². The molecule has 3 fully saturated rings. The molecule has 0 unspecified atom stereocenters. The van der Waals surface area contributed by atoms with Crippen molar-refractivity contribution in [3.63, 3.8) is 0 Å². The summed E-state index contributed by atoms with van der Waals surface area (Å²) in [6, 6.07) is 7.43. The number of nitrogens with zero attached hydrogens (tertiary/aromatic N) is 3. The Hall–Kier alpha value is -2.17. The van der Waals surface area contributed by atoms with E-state index in [1.54, 1.807) is 24.2 Å². The highest BCUT2D eigenvalue weighted by Gasteiger charge is 2.44. The number of hydrogen-bond acceptors (Lipinski definition) is 4.